The normalized spacial score (nSPS) is 13.9. The fraction of sp³-hybridized carbons (Fsp3) is 0.350. The van der Waals surface area contributed by atoms with Crippen LogP contribution in [0.15, 0.2) is 35.4 Å². The number of nitrogens with one attached hydrogen (secondary N) is 1. The van der Waals surface area contributed by atoms with Crippen molar-refractivity contribution in [2.45, 2.75) is 39.7 Å². The number of aryl methyl sites for hydroxylation is 2. The first-order valence-electron chi connectivity index (χ1n) is 8.95. The van der Waals surface area contributed by atoms with Gasteiger partial charge in [-0.25, -0.2) is 4.98 Å². The minimum Gasteiger partial charge on any atom is -0.322 e. The number of thiophene rings is 1. The van der Waals surface area contributed by atoms with E-state index >= 15 is 0 Å². The Bertz CT molecular complexity index is 1030. The molecule has 4 rings (SSSR count). The maximum Gasteiger partial charge on any atom is 0.271 e. The SMILES string of the molecule is CCc1ccc(NC(=O)c2c(C)sc3c(=O)n(CC4CC4)cnc23)cc1. The molecule has 5 nitrogen and oxygen atoms in total. The highest BCUT2D eigenvalue weighted by Crippen LogP contribution is 2.31. The summed E-state index contributed by atoms with van der Waals surface area (Å²) in [6.45, 7) is 4.69. The number of hydrogen-bond donors (Lipinski definition) is 1. The molecule has 3 aromatic rings. The maximum absolute atomic E-state index is 12.8. The van der Waals surface area contributed by atoms with Crippen LogP contribution in [0.4, 0.5) is 5.69 Å². The Morgan fingerprint density at radius 1 is 1.31 bits per heavy atom. The standard InChI is InChI=1S/C20H21N3O2S/c1-3-13-6-8-15(9-7-13)22-19(24)16-12(2)26-18-17(16)21-11-23(20(18)25)10-14-4-5-14/h6-9,11,14H,3-5,10H2,1-2H3,(H,22,24). The minimum atomic E-state index is -0.218. The van der Waals surface area contributed by atoms with Crippen molar-refractivity contribution in [2.75, 3.05) is 5.32 Å². The second-order valence-electron chi connectivity index (χ2n) is 6.86. The average Bonchev–Trinajstić information content (AvgIpc) is 3.38. The molecule has 1 aliphatic rings. The number of anilines is 1. The summed E-state index contributed by atoms with van der Waals surface area (Å²) in [7, 11) is 0. The Morgan fingerprint density at radius 3 is 2.69 bits per heavy atom. The van der Waals surface area contributed by atoms with E-state index in [4.69, 9.17) is 0 Å². The molecular formula is C20H21N3O2S. The van der Waals surface area contributed by atoms with Gasteiger partial charge in [0, 0.05) is 17.1 Å². The first kappa shape index (κ1) is 17.0. The van der Waals surface area contributed by atoms with Crippen LogP contribution in [0.25, 0.3) is 10.2 Å². The Balaban J connectivity index is 1.66. The second-order valence-corrected chi connectivity index (χ2v) is 8.09. The van der Waals surface area contributed by atoms with E-state index in [1.807, 2.05) is 31.2 Å². The highest BCUT2D eigenvalue weighted by molar-refractivity contribution is 7.19. The lowest BCUT2D eigenvalue weighted by Crippen LogP contribution is -2.21. The monoisotopic (exact) mass is 367 g/mol. The summed E-state index contributed by atoms with van der Waals surface area (Å²) in [5.41, 5.74) is 2.93. The van der Waals surface area contributed by atoms with E-state index in [1.165, 1.54) is 29.7 Å². The topological polar surface area (TPSA) is 64.0 Å². The smallest absolute Gasteiger partial charge is 0.271 e. The first-order chi connectivity index (χ1) is 12.6. The molecule has 0 unspecified atom stereocenters. The van der Waals surface area contributed by atoms with Crippen LogP contribution in [-0.2, 0) is 13.0 Å². The lowest BCUT2D eigenvalue weighted by atomic mass is 10.1. The second kappa shape index (κ2) is 6.68. The van der Waals surface area contributed by atoms with Crippen molar-refractivity contribution in [3.63, 3.8) is 0 Å². The molecule has 1 amide bonds. The van der Waals surface area contributed by atoms with E-state index in [0.717, 1.165) is 23.5 Å². The molecule has 0 spiro atoms. The zero-order valence-electron chi connectivity index (χ0n) is 14.9. The van der Waals surface area contributed by atoms with E-state index in [0.29, 0.717) is 21.7 Å². The molecule has 26 heavy (non-hydrogen) atoms. The molecule has 0 radical (unpaired) electrons. The third-order valence-corrected chi connectivity index (χ3v) is 5.92. The molecule has 1 aliphatic carbocycles. The van der Waals surface area contributed by atoms with Crippen LogP contribution in [0.1, 0.15) is 40.6 Å². The number of hydrogen-bond acceptors (Lipinski definition) is 4. The van der Waals surface area contributed by atoms with Crippen LogP contribution in [0.3, 0.4) is 0 Å². The van der Waals surface area contributed by atoms with Gasteiger partial charge in [0.15, 0.2) is 0 Å². The molecule has 1 saturated carbocycles. The number of carbonyl (C=O) groups excluding carboxylic acids is 1. The zero-order valence-corrected chi connectivity index (χ0v) is 15.7. The summed E-state index contributed by atoms with van der Waals surface area (Å²) < 4.78 is 2.25. The lowest BCUT2D eigenvalue weighted by Gasteiger charge is -2.07. The number of benzene rings is 1. The Hall–Kier alpha value is -2.47. The fourth-order valence-electron chi connectivity index (χ4n) is 3.10. The molecule has 0 saturated heterocycles. The lowest BCUT2D eigenvalue weighted by molar-refractivity contribution is 0.102. The number of carbonyl (C=O) groups is 1. The van der Waals surface area contributed by atoms with Gasteiger partial charge in [-0.2, -0.15) is 0 Å². The molecular weight excluding hydrogens is 346 g/mol. The Kier molecular flexibility index (Phi) is 4.36. The highest BCUT2D eigenvalue weighted by Gasteiger charge is 2.24. The molecule has 0 atom stereocenters. The van der Waals surface area contributed by atoms with Gasteiger partial charge in [0.25, 0.3) is 11.5 Å². The molecule has 1 aromatic carbocycles. The van der Waals surface area contributed by atoms with E-state index in [-0.39, 0.29) is 11.5 Å². The largest absolute Gasteiger partial charge is 0.322 e. The van der Waals surface area contributed by atoms with Crippen molar-refractivity contribution < 1.29 is 4.79 Å². The van der Waals surface area contributed by atoms with E-state index in [2.05, 4.69) is 17.2 Å². The Labute approximate surface area is 155 Å². The number of nitrogens with zero attached hydrogens (tertiary/aromatic N) is 2. The summed E-state index contributed by atoms with van der Waals surface area (Å²) in [5, 5.41) is 2.92. The van der Waals surface area contributed by atoms with Crippen molar-refractivity contribution >= 4 is 33.1 Å². The first-order valence-corrected chi connectivity index (χ1v) is 9.77. The third-order valence-electron chi connectivity index (χ3n) is 4.84. The summed E-state index contributed by atoms with van der Waals surface area (Å²) in [6.07, 6.45) is 4.90. The van der Waals surface area contributed by atoms with Gasteiger partial charge >= 0.3 is 0 Å². The van der Waals surface area contributed by atoms with Crippen molar-refractivity contribution in [3.8, 4) is 0 Å². The number of amides is 1. The van der Waals surface area contributed by atoms with Gasteiger partial charge in [-0.05, 0) is 49.8 Å². The molecule has 0 aliphatic heterocycles. The molecule has 2 heterocycles. The number of fused-ring (bicyclic) bond motifs is 1. The van der Waals surface area contributed by atoms with Crippen molar-refractivity contribution in [1.29, 1.82) is 0 Å². The van der Waals surface area contributed by atoms with Gasteiger partial charge < -0.3 is 5.32 Å². The summed E-state index contributed by atoms with van der Waals surface area (Å²) in [6, 6.07) is 7.80. The van der Waals surface area contributed by atoms with Crippen LogP contribution < -0.4 is 10.9 Å². The van der Waals surface area contributed by atoms with E-state index in [9.17, 15) is 9.59 Å². The van der Waals surface area contributed by atoms with Crippen LogP contribution in [-0.4, -0.2) is 15.5 Å². The zero-order chi connectivity index (χ0) is 18.3. The summed E-state index contributed by atoms with van der Waals surface area (Å²) >= 11 is 1.36. The minimum absolute atomic E-state index is 0.0404. The summed E-state index contributed by atoms with van der Waals surface area (Å²) in [5.74, 6) is 0.381. The van der Waals surface area contributed by atoms with Gasteiger partial charge in [-0.3, -0.25) is 14.2 Å². The molecule has 1 fully saturated rings. The fourth-order valence-corrected chi connectivity index (χ4v) is 4.16. The van der Waals surface area contributed by atoms with Crippen LogP contribution in [0.2, 0.25) is 0 Å². The molecule has 2 aromatic heterocycles. The van der Waals surface area contributed by atoms with Gasteiger partial charge in [0.1, 0.15) is 10.2 Å². The van der Waals surface area contributed by atoms with Crippen molar-refractivity contribution in [3.05, 3.63) is 57.0 Å². The van der Waals surface area contributed by atoms with Crippen molar-refractivity contribution in [2.24, 2.45) is 5.92 Å². The number of rotatable bonds is 5. The van der Waals surface area contributed by atoms with Crippen LogP contribution >= 0.6 is 11.3 Å². The average molecular weight is 367 g/mol. The molecule has 134 valence electrons. The highest BCUT2D eigenvalue weighted by atomic mass is 32.1. The molecule has 0 bridgehead atoms. The molecule has 1 N–H and O–H groups in total. The maximum atomic E-state index is 12.8. The van der Waals surface area contributed by atoms with Crippen molar-refractivity contribution in [1.82, 2.24) is 9.55 Å². The van der Waals surface area contributed by atoms with Gasteiger partial charge in [0.2, 0.25) is 0 Å². The van der Waals surface area contributed by atoms with E-state index in [1.54, 1.807) is 10.9 Å². The predicted molar refractivity (Wildman–Crippen MR) is 105 cm³/mol. The van der Waals surface area contributed by atoms with E-state index < -0.39 is 0 Å². The van der Waals surface area contributed by atoms with Crippen LogP contribution in [0.5, 0.6) is 0 Å². The number of aromatic nitrogens is 2. The summed E-state index contributed by atoms with van der Waals surface area (Å²) in [4.78, 5) is 30.8. The Morgan fingerprint density at radius 2 is 2.04 bits per heavy atom. The quantitative estimate of drug-likeness (QED) is 0.741. The van der Waals surface area contributed by atoms with Crippen LogP contribution in [0, 0.1) is 12.8 Å². The molecule has 6 heteroatoms. The predicted octanol–water partition coefficient (Wildman–Crippen LogP) is 3.99. The van der Waals surface area contributed by atoms with Gasteiger partial charge in [-0.15, -0.1) is 11.3 Å². The third kappa shape index (κ3) is 3.17. The van der Waals surface area contributed by atoms with Gasteiger partial charge in [-0.1, -0.05) is 19.1 Å². The van der Waals surface area contributed by atoms with Gasteiger partial charge in [0.05, 0.1) is 11.9 Å².